The summed E-state index contributed by atoms with van der Waals surface area (Å²) >= 11 is 0. The van der Waals surface area contributed by atoms with Crippen molar-refractivity contribution >= 4 is 0 Å². The molecule has 2 fully saturated rings. The van der Waals surface area contributed by atoms with Crippen LogP contribution < -0.4 is 0 Å². The molecule has 1 aliphatic carbocycles. The van der Waals surface area contributed by atoms with E-state index in [4.69, 9.17) is 4.42 Å². The van der Waals surface area contributed by atoms with E-state index in [-0.39, 0.29) is 0 Å². The second-order valence-electron chi connectivity index (χ2n) is 6.51. The summed E-state index contributed by atoms with van der Waals surface area (Å²) in [4.78, 5) is 5.16. The van der Waals surface area contributed by atoms with Gasteiger partial charge in [0.15, 0.2) is 0 Å². The summed E-state index contributed by atoms with van der Waals surface area (Å²) in [6.45, 7) is 4.49. The Hall–Kier alpha value is -0.840. The quantitative estimate of drug-likeness (QED) is 0.905. The zero-order chi connectivity index (χ0) is 14.5. The summed E-state index contributed by atoms with van der Waals surface area (Å²) in [5.74, 6) is 1.05. The Morgan fingerprint density at radius 1 is 1.19 bits per heavy atom. The average Bonchev–Trinajstić information content (AvgIpc) is 3.02. The smallest absolute Gasteiger partial charge is 0.117 e. The van der Waals surface area contributed by atoms with Crippen molar-refractivity contribution in [3.05, 3.63) is 24.2 Å². The first-order valence-electron chi connectivity index (χ1n) is 8.48. The topological polar surface area (TPSA) is 39.9 Å². The molecule has 3 rings (SSSR count). The standard InChI is InChI=1S/C17H28N2O2/c20-11-8-16-13-18(14-17-7-4-12-21-17)9-10-19(16)15-5-2-1-3-6-15/h4,7,12,15-16,20H,1-3,5-6,8-11,13-14H2/t16-/m1/s1. The van der Waals surface area contributed by atoms with Gasteiger partial charge in [0.1, 0.15) is 5.76 Å². The second-order valence-corrected chi connectivity index (χ2v) is 6.51. The van der Waals surface area contributed by atoms with Gasteiger partial charge in [-0.05, 0) is 31.4 Å². The van der Waals surface area contributed by atoms with E-state index in [0.717, 1.165) is 44.4 Å². The van der Waals surface area contributed by atoms with Gasteiger partial charge in [-0.25, -0.2) is 0 Å². The van der Waals surface area contributed by atoms with Crippen LogP contribution in [0.25, 0.3) is 0 Å². The maximum Gasteiger partial charge on any atom is 0.117 e. The van der Waals surface area contributed by atoms with Gasteiger partial charge in [0.05, 0.1) is 12.8 Å². The van der Waals surface area contributed by atoms with Crippen LogP contribution in [-0.2, 0) is 6.54 Å². The molecule has 0 radical (unpaired) electrons. The number of nitrogens with zero attached hydrogens (tertiary/aromatic N) is 2. The molecule has 1 aliphatic heterocycles. The molecular formula is C17H28N2O2. The summed E-state index contributed by atoms with van der Waals surface area (Å²) in [6.07, 6.45) is 9.50. The van der Waals surface area contributed by atoms with Crippen LogP contribution in [0.1, 0.15) is 44.3 Å². The first-order chi connectivity index (χ1) is 10.4. The van der Waals surface area contributed by atoms with Gasteiger partial charge >= 0.3 is 0 Å². The van der Waals surface area contributed by atoms with Crippen molar-refractivity contribution in [2.24, 2.45) is 0 Å². The average molecular weight is 292 g/mol. The van der Waals surface area contributed by atoms with Crippen LogP contribution in [0.4, 0.5) is 0 Å². The highest BCUT2D eigenvalue weighted by Gasteiger charge is 2.32. The lowest BCUT2D eigenvalue weighted by Crippen LogP contribution is -2.56. The van der Waals surface area contributed by atoms with Crippen LogP contribution in [0.5, 0.6) is 0 Å². The van der Waals surface area contributed by atoms with E-state index in [2.05, 4.69) is 15.9 Å². The predicted octanol–water partition coefficient (Wildman–Crippen LogP) is 2.48. The normalized spacial score (nSPS) is 26.2. The minimum absolute atomic E-state index is 0.294. The van der Waals surface area contributed by atoms with Gasteiger partial charge in [0, 0.05) is 38.3 Å². The van der Waals surface area contributed by atoms with Gasteiger partial charge in [0.25, 0.3) is 0 Å². The van der Waals surface area contributed by atoms with Crippen molar-refractivity contribution in [3.63, 3.8) is 0 Å². The van der Waals surface area contributed by atoms with Gasteiger partial charge in [-0.15, -0.1) is 0 Å². The lowest BCUT2D eigenvalue weighted by Gasteiger charge is -2.46. The summed E-state index contributed by atoms with van der Waals surface area (Å²) in [5.41, 5.74) is 0. The highest BCUT2D eigenvalue weighted by Crippen LogP contribution is 2.27. The zero-order valence-corrected chi connectivity index (χ0v) is 12.9. The van der Waals surface area contributed by atoms with E-state index in [9.17, 15) is 5.11 Å². The molecule has 4 heteroatoms. The zero-order valence-electron chi connectivity index (χ0n) is 12.9. The van der Waals surface area contributed by atoms with E-state index < -0.39 is 0 Å². The molecule has 1 atom stereocenters. The van der Waals surface area contributed by atoms with E-state index >= 15 is 0 Å². The highest BCUT2D eigenvalue weighted by molar-refractivity contribution is 4.99. The van der Waals surface area contributed by atoms with E-state index in [0.29, 0.717) is 12.6 Å². The summed E-state index contributed by atoms with van der Waals surface area (Å²) in [7, 11) is 0. The second kappa shape index (κ2) is 7.43. The van der Waals surface area contributed by atoms with Gasteiger partial charge in [-0.1, -0.05) is 19.3 Å². The number of rotatable bonds is 5. The molecule has 4 nitrogen and oxygen atoms in total. The maximum absolute atomic E-state index is 9.41. The summed E-state index contributed by atoms with van der Waals surface area (Å²) in [5, 5.41) is 9.41. The molecule has 118 valence electrons. The van der Waals surface area contributed by atoms with Crippen molar-refractivity contribution in [1.29, 1.82) is 0 Å². The molecule has 2 heterocycles. The Labute approximate surface area is 127 Å². The summed E-state index contributed by atoms with van der Waals surface area (Å²) < 4.78 is 5.47. The van der Waals surface area contributed by atoms with E-state index in [1.54, 1.807) is 6.26 Å². The van der Waals surface area contributed by atoms with Crippen LogP contribution in [-0.4, -0.2) is 53.2 Å². The maximum atomic E-state index is 9.41. The van der Waals surface area contributed by atoms with Gasteiger partial charge in [-0.2, -0.15) is 0 Å². The molecule has 0 amide bonds. The van der Waals surface area contributed by atoms with Crippen LogP contribution in [0.2, 0.25) is 0 Å². The molecule has 0 bridgehead atoms. The van der Waals surface area contributed by atoms with Crippen LogP contribution in [0.3, 0.4) is 0 Å². The Morgan fingerprint density at radius 3 is 2.76 bits per heavy atom. The molecular weight excluding hydrogens is 264 g/mol. The van der Waals surface area contributed by atoms with Crippen molar-refractivity contribution in [2.45, 2.75) is 57.2 Å². The minimum atomic E-state index is 0.294. The third-order valence-electron chi connectivity index (χ3n) is 5.08. The summed E-state index contributed by atoms with van der Waals surface area (Å²) in [6, 6.07) is 5.26. The molecule has 21 heavy (non-hydrogen) atoms. The highest BCUT2D eigenvalue weighted by atomic mass is 16.3. The molecule has 0 unspecified atom stereocenters. The van der Waals surface area contributed by atoms with Crippen LogP contribution in [0.15, 0.2) is 22.8 Å². The molecule has 2 aliphatic rings. The molecule has 0 aromatic carbocycles. The number of furan rings is 1. The monoisotopic (exact) mass is 292 g/mol. The molecule has 1 saturated carbocycles. The Kier molecular flexibility index (Phi) is 5.33. The minimum Gasteiger partial charge on any atom is -0.468 e. The number of piperazine rings is 1. The number of aliphatic hydroxyl groups excluding tert-OH is 1. The van der Waals surface area contributed by atoms with Gasteiger partial charge in [0.2, 0.25) is 0 Å². The first-order valence-corrected chi connectivity index (χ1v) is 8.48. The van der Waals surface area contributed by atoms with Gasteiger partial charge < -0.3 is 9.52 Å². The van der Waals surface area contributed by atoms with Crippen LogP contribution in [0, 0.1) is 0 Å². The lowest BCUT2D eigenvalue weighted by molar-refractivity contribution is 0.0116. The van der Waals surface area contributed by atoms with E-state index in [1.807, 2.05) is 6.07 Å². The fourth-order valence-corrected chi connectivity index (χ4v) is 4.00. The number of hydrogen-bond donors (Lipinski definition) is 1. The third-order valence-corrected chi connectivity index (χ3v) is 5.08. The molecule has 1 aromatic heterocycles. The lowest BCUT2D eigenvalue weighted by atomic mass is 9.92. The molecule has 1 N–H and O–H groups in total. The Balaban J connectivity index is 1.59. The Bertz CT molecular complexity index is 401. The van der Waals surface area contributed by atoms with Crippen molar-refractivity contribution in [1.82, 2.24) is 9.80 Å². The molecule has 1 aromatic rings. The van der Waals surface area contributed by atoms with Crippen molar-refractivity contribution < 1.29 is 9.52 Å². The fourth-order valence-electron chi connectivity index (χ4n) is 4.00. The van der Waals surface area contributed by atoms with E-state index in [1.165, 1.54) is 32.1 Å². The number of hydrogen-bond acceptors (Lipinski definition) is 4. The molecule has 0 spiro atoms. The first kappa shape index (κ1) is 15.1. The predicted molar refractivity (Wildman–Crippen MR) is 83.1 cm³/mol. The van der Waals surface area contributed by atoms with Gasteiger partial charge in [-0.3, -0.25) is 9.80 Å². The Morgan fingerprint density at radius 2 is 2.05 bits per heavy atom. The SMILES string of the molecule is OCC[C@@H]1CN(Cc2ccco2)CCN1C1CCCCC1. The van der Waals surface area contributed by atoms with Crippen LogP contribution >= 0.6 is 0 Å². The largest absolute Gasteiger partial charge is 0.468 e. The molecule has 1 saturated heterocycles. The fraction of sp³-hybridized carbons (Fsp3) is 0.765. The van der Waals surface area contributed by atoms with Crippen molar-refractivity contribution in [2.75, 3.05) is 26.2 Å². The third kappa shape index (κ3) is 3.87. The number of aliphatic hydroxyl groups is 1. The van der Waals surface area contributed by atoms with Crippen molar-refractivity contribution in [3.8, 4) is 0 Å².